The van der Waals surface area contributed by atoms with E-state index in [1.54, 1.807) is 24.5 Å². The number of hydrogen-bond donors (Lipinski definition) is 2. The summed E-state index contributed by atoms with van der Waals surface area (Å²) in [5, 5.41) is 4.28. The maximum Gasteiger partial charge on any atom is 0.222 e. The molecule has 0 amide bonds. The van der Waals surface area contributed by atoms with Gasteiger partial charge in [-0.1, -0.05) is 65.3 Å². The van der Waals surface area contributed by atoms with Crippen LogP contribution < -0.4 is 11.1 Å². The molecule has 0 aliphatic heterocycles. The average Bonchev–Trinajstić information content (AvgIpc) is 2.72. The lowest BCUT2D eigenvalue weighted by atomic mass is 10.1. The molecular weight excluding hydrogens is 425 g/mol. The molecule has 0 radical (unpaired) electrons. The van der Waals surface area contributed by atoms with Crippen LogP contribution in [0.15, 0.2) is 82.8 Å². The molecule has 4 rings (SSSR count). The molecule has 0 spiro atoms. The summed E-state index contributed by atoms with van der Waals surface area (Å²) in [5.74, 6) is 0.730. The number of nitrogens with one attached hydrogen (secondary N) is 1. The molecule has 2 aromatic carbocycles. The Balaban J connectivity index is 1.61. The molecule has 5 nitrogen and oxygen atoms in total. The number of benzene rings is 2. The summed E-state index contributed by atoms with van der Waals surface area (Å²) in [6.07, 6.45) is 3.45. The van der Waals surface area contributed by atoms with Gasteiger partial charge in [0, 0.05) is 39.5 Å². The number of rotatable bonds is 5. The summed E-state index contributed by atoms with van der Waals surface area (Å²) in [5.41, 5.74) is 8.28. The minimum Gasteiger partial charge on any atom is -0.368 e. The van der Waals surface area contributed by atoms with Crippen LogP contribution >= 0.6 is 35.0 Å². The van der Waals surface area contributed by atoms with Crippen LogP contribution in [0.2, 0.25) is 10.0 Å². The van der Waals surface area contributed by atoms with Crippen molar-refractivity contribution in [2.45, 2.75) is 9.79 Å². The second-order valence-electron chi connectivity index (χ2n) is 6.04. The predicted molar refractivity (Wildman–Crippen MR) is 120 cm³/mol. The van der Waals surface area contributed by atoms with Gasteiger partial charge in [0.25, 0.3) is 0 Å². The highest BCUT2D eigenvalue weighted by Crippen LogP contribution is 2.40. The zero-order chi connectivity index (χ0) is 20.2. The standard InChI is InChI=1S/C21H15Cl2N5S/c22-16-10-14(11-17(23)20(16)29-15-6-8-25-9-7-15)26-19-12-18(27-21(24)28-19)13-4-2-1-3-5-13/h1-12H,(H3,24,26,27,28). The van der Waals surface area contributed by atoms with Crippen molar-refractivity contribution in [2.75, 3.05) is 11.1 Å². The molecule has 29 heavy (non-hydrogen) atoms. The number of nitrogens with zero attached hydrogens (tertiary/aromatic N) is 3. The second kappa shape index (κ2) is 8.69. The Morgan fingerprint density at radius 3 is 2.24 bits per heavy atom. The van der Waals surface area contributed by atoms with E-state index in [-0.39, 0.29) is 5.95 Å². The van der Waals surface area contributed by atoms with Crippen molar-refractivity contribution in [2.24, 2.45) is 0 Å². The first-order valence-corrected chi connectivity index (χ1v) is 10.2. The van der Waals surface area contributed by atoms with Crippen molar-refractivity contribution in [3.8, 4) is 11.3 Å². The van der Waals surface area contributed by atoms with Crippen molar-refractivity contribution in [3.63, 3.8) is 0 Å². The molecule has 0 unspecified atom stereocenters. The molecule has 0 saturated carbocycles. The highest BCUT2D eigenvalue weighted by Gasteiger charge is 2.12. The van der Waals surface area contributed by atoms with Crippen LogP contribution in [-0.2, 0) is 0 Å². The molecule has 0 saturated heterocycles. The van der Waals surface area contributed by atoms with E-state index in [1.807, 2.05) is 48.5 Å². The lowest BCUT2D eigenvalue weighted by Crippen LogP contribution is -2.01. The van der Waals surface area contributed by atoms with Gasteiger partial charge in [-0.25, -0.2) is 4.98 Å². The van der Waals surface area contributed by atoms with Crippen LogP contribution in [0.1, 0.15) is 0 Å². The Labute approximate surface area is 182 Å². The van der Waals surface area contributed by atoms with Gasteiger partial charge in [0.1, 0.15) is 5.82 Å². The van der Waals surface area contributed by atoms with E-state index < -0.39 is 0 Å². The number of nitrogens with two attached hydrogens (primary N) is 1. The Morgan fingerprint density at radius 1 is 0.862 bits per heavy atom. The third kappa shape index (κ3) is 4.79. The molecule has 0 fully saturated rings. The van der Waals surface area contributed by atoms with Gasteiger partial charge in [-0.05, 0) is 24.3 Å². The van der Waals surface area contributed by atoms with E-state index in [2.05, 4.69) is 20.3 Å². The Morgan fingerprint density at radius 2 is 1.55 bits per heavy atom. The zero-order valence-corrected chi connectivity index (χ0v) is 17.3. The van der Waals surface area contributed by atoms with Crippen LogP contribution in [0.3, 0.4) is 0 Å². The van der Waals surface area contributed by atoms with E-state index in [4.69, 9.17) is 28.9 Å². The molecule has 0 atom stereocenters. The summed E-state index contributed by atoms with van der Waals surface area (Å²) in [4.78, 5) is 14.4. The number of pyridine rings is 1. The van der Waals surface area contributed by atoms with Crippen LogP contribution in [-0.4, -0.2) is 15.0 Å². The lowest BCUT2D eigenvalue weighted by molar-refractivity contribution is 1.19. The van der Waals surface area contributed by atoms with Crippen LogP contribution in [0.25, 0.3) is 11.3 Å². The molecule has 0 bridgehead atoms. The van der Waals surface area contributed by atoms with Gasteiger partial charge >= 0.3 is 0 Å². The molecule has 0 aliphatic carbocycles. The van der Waals surface area contributed by atoms with E-state index in [0.29, 0.717) is 21.6 Å². The first-order chi connectivity index (χ1) is 14.1. The van der Waals surface area contributed by atoms with Crippen LogP contribution in [0.5, 0.6) is 0 Å². The summed E-state index contributed by atoms with van der Waals surface area (Å²) >= 11 is 14.5. The maximum absolute atomic E-state index is 6.49. The lowest BCUT2D eigenvalue weighted by Gasteiger charge is -2.12. The number of anilines is 3. The van der Waals surface area contributed by atoms with Gasteiger partial charge in [-0.15, -0.1) is 0 Å². The first kappa shape index (κ1) is 19.5. The summed E-state index contributed by atoms with van der Waals surface area (Å²) < 4.78 is 0. The van der Waals surface area contributed by atoms with Gasteiger partial charge in [0.15, 0.2) is 0 Å². The number of hydrogen-bond acceptors (Lipinski definition) is 6. The van der Waals surface area contributed by atoms with Crippen molar-refractivity contribution in [1.29, 1.82) is 0 Å². The summed E-state index contributed by atoms with van der Waals surface area (Å²) in [6.45, 7) is 0. The minimum atomic E-state index is 0.177. The van der Waals surface area contributed by atoms with Crippen LogP contribution in [0, 0.1) is 0 Å². The molecule has 8 heteroatoms. The average molecular weight is 440 g/mol. The van der Waals surface area contributed by atoms with E-state index in [0.717, 1.165) is 21.0 Å². The Kier molecular flexibility index (Phi) is 5.85. The SMILES string of the molecule is Nc1nc(Nc2cc(Cl)c(Sc3ccncc3)c(Cl)c2)cc(-c2ccccc2)n1. The van der Waals surface area contributed by atoms with E-state index in [9.17, 15) is 0 Å². The highest BCUT2D eigenvalue weighted by molar-refractivity contribution is 7.99. The number of halogens is 2. The molecule has 0 aliphatic rings. The Bertz CT molecular complexity index is 1120. The van der Waals surface area contributed by atoms with E-state index in [1.165, 1.54) is 11.8 Å². The second-order valence-corrected chi connectivity index (χ2v) is 7.94. The normalized spacial score (nSPS) is 10.7. The number of nitrogen functional groups attached to an aromatic ring is 1. The summed E-state index contributed by atoms with van der Waals surface area (Å²) in [7, 11) is 0. The monoisotopic (exact) mass is 439 g/mol. The smallest absolute Gasteiger partial charge is 0.222 e. The van der Waals surface area contributed by atoms with Gasteiger partial charge < -0.3 is 11.1 Å². The van der Waals surface area contributed by atoms with Gasteiger partial charge in [0.2, 0.25) is 5.95 Å². The van der Waals surface area contributed by atoms with Crippen LogP contribution in [0.4, 0.5) is 17.5 Å². The maximum atomic E-state index is 6.49. The fourth-order valence-electron chi connectivity index (χ4n) is 2.69. The van der Waals surface area contributed by atoms with Gasteiger partial charge in [0.05, 0.1) is 15.7 Å². The molecule has 4 aromatic rings. The quantitative estimate of drug-likeness (QED) is 0.378. The topological polar surface area (TPSA) is 76.7 Å². The van der Waals surface area contributed by atoms with Crippen molar-refractivity contribution < 1.29 is 0 Å². The third-order valence-corrected chi connectivity index (χ3v) is 5.93. The van der Waals surface area contributed by atoms with Gasteiger partial charge in [-0.3, -0.25) is 4.98 Å². The van der Waals surface area contributed by atoms with Crippen molar-refractivity contribution in [1.82, 2.24) is 15.0 Å². The highest BCUT2D eigenvalue weighted by atomic mass is 35.5. The van der Waals surface area contributed by atoms with Crippen molar-refractivity contribution >= 4 is 52.4 Å². The molecule has 2 aromatic heterocycles. The fourth-order valence-corrected chi connectivity index (χ4v) is 4.21. The zero-order valence-electron chi connectivity index (χ0n) is 15.0. The molecule has 2 heterocycles. The van der Waals surface area contributed by atoms with Gasteiger partial charge in [-0.2, -0.15) is 4.98 Å². The largest absolute Gasteiger partial charge is 0.368 e. The summed E-state index contributed by atoms with van der Waals surface area (Å²) in [6, 6.07) is 19.0. The fraction of sp³-hybridized carbons (Fsp3) is 0. The molecule has 144 valence electrons. The molecular formula is C21H15Cl2N5S. The minimum absolute atomic E-state index is 0.177. The first-order valence-electron chi connectivity index (χ1n) is 8.62. The van der Waals surface area contributed by atoms with Crippen molar-refractivity contribution in [3.05, 3.63) is 83.1 Å². The molecule has 3 N–H and O–H groups in total. The third-order valence-electron chi connectivity index (χ3n) is 3.95. The number of aromatic nitrogens is 3. The predicted octanol–water partition coefficient (Wildman–Crippen LogP) is 6.32. The Hall–Kier alpha value is -2.80. The van der Waals surface area contributed by atoms with E-state index >= 15 is 0 Å².